The number of hydrogen-bond donors (Lipinski definition) is 0. The van der Waals surface area contributed by atoms with Crippen molar-refractivity contribution in [3.8, 4) is 22.3 Å². The van der Waals surface area contributed by atoms with Gasteiger partial charge < -0.3 is 13.7 Å². The SMILES string of the molecule is c1ccc(-c2ccc(-c3cccc(N(c4ccc5c(c4)oc4cnccc45)c4cccc5oc6ccccc6c45)c3)cc2)cc1. The Kier molecular flexibility index (Phi) is 5.78. The maximum atomic E-state index is 6.31. The zero-order chi connectivity index (χ0) is 29.7. The van der Waals surface area contributed by atoms with E-state index in [9.17, 15) is 0 Å². The monoisotopic (exact) mass is 578 g/mol. The standard InChI is InChI=1S/C41H26N2O2/c1-2-8-27(9-3-1)28-16-18-29(19-17-28)30-10-6-11-31(24-30)43(32-20-21-33-34-22-23-42-26-40(34)45-39(33)25-32)36-13-7-15-38-41(36)35-12-4-5-14-37(35)44-38/h1-26H. The second kappa shape index (κ2) is 10.2. The number of furan rings is 2. The summed E-state index contributed by atoms with van der Waals surface area (Å²) in [5.41, 5.74) is 11.1. The van der Waals surface area contributed by atoms with Crippen molar-refractivity contribution >= 4 is 60.9 Å². The summed E-state index contributed by atoms with van der Waals surface area (Å²) in [6, 6.07) is 50.9. The van der Waals surface area contributed by atoms with Gasteiger partial charge in [0.1, 0.15) is 16.7 Å². The molecule has 0 atom stereocenters. The normalized spacial score (nSPS) is 11.6. The molecule has 0 spiro atoms. The minimum atomic E-state index is 0.778. The molecule has 0 radical (unpaired) electrons. The minimum absolute atomic E-state index is 0.778. The molecule has 0 aliphatic rings. The number of nitrogens with zero attached hydrogens (tertiary/aromatic N) is 2. The van der Waals surface area contributed by atoms with E-state index in [-0.39, 0.29) is 0 Å². The van der Waals surface area contributed by atoms with Crippen LogP contribution in [-0.2, 0) is 0 Å². The van der Waals surface area contributed by atoms with Crippen LogP contribution in [0.5, 0.6) is 0 Å². The van der Waals surface area contributed by atoms with Crippen LogP contribution in [0.1, 0.15) is 0 Å². The van der Waals surface area contributed by atoms with E-state index in [0.29, 0.717) is 0 Å². The Balaban J connectivity index is 1.23. The summed E-state index contributed by atoms with van der Waals surface area (Å²) in [7, 11) is 0. The van der Waals surface area contributed by atoms with Crippen LogP contribution >= 0.6 is 0 Å². The van der Waals surface area contributed by atoms with E-state index in [4.69, 9.17) is 8.83 Å². The first kappa shape index (κ1) is 25.4. The highest BCUT2D eigenvalue weighted by molar-refractivity contribution is 6.14. The van der Waals surface area contributed by atoms with Crippen molar-refractivity contribution in [1.29, 1.82) is 0 Å². The largest absolute Gasteiger partial charge is 0.456 e. The number of fused-ring (bicyclic) bond motifs is 6. The molecule has 0 aliphatic carbocycles. The fourth-order valence-electron chi connectivity index (χ4n) is 6.44. The third-order valence-corrected chi connectivity index (χ3v) is 8.57. The van der Waals surface area contributed by atoms with Gasteiger partial charge in [0.25, 0.3) is 0 Å². The molecule has 0 bridgehead atoms. The zero-order valence-corrected chi connectivity index (χ0v) is 24.2. The highest BCUT2D eigenvalue weighted by Crippen LogP contribution is 2.44. The molecule has 9 rings (SSSR count). The fourth-order valence-corrected chi connectivity index (χ4v) is 6.44. The lowest BCUT2D eigenvalue weighted by atomic mass is 9.99. The molecule has 0 aliphatic heterocycles. The summed E-state index contributed by atoms with van der Waals surface area (Å²) in [4.78, 5) is 6.57. The van der Waals surface area contributed by atoms with Gasteiger partial charge in [0.05, 0.1) is 17.3 Å². The van der Waals surface area contributed by atoms with Crippen molar-refractivity contribution < 1.29 is 8.83 Å². The Morgan fingerprint density at radius 1 is 0.422 bits per heavy atom. The smallest absolute Gasteiger partial charge is 0.153 e. The van der Waals surface area contributed by atoms with E-state index in [1.165, 1.54) is 11.1 Å². The first-order valence-electron chi connectivity index (χ1n) is 15.0. The molecule has 0 amide bonds. The molecule has 0 fully saturated rings. The summed E-state index contributed by atoms with van der Waals surface area (Å²) in [6.07, 6.45) is 3.58. The quantitative estimate of drug-likeness (QED) is 0.204. The van der Waals surface area contributed by atoms with Crippen LogP contribution in [0.25, 0.3) is 66.1 Å². The van der Waals surface area contributed by atoms with E-state index in [0.717, 1.165) is 72.1 Å². The van der Waals surface area contributed by atoms with Crippen molar-refractivity contribution in [3.63, 3.8) is 0 Å². The van der Waals surface area contributed by atoms with Crippen LogP contribution in [0, 0.1) is 0 Å². The number of para-hydroxylation sites is 1. The molecular weight excluding hydrogens is 552 g/mol. The number of aromatic nitrogens is 1. The summed E-state index contributed by atoms with van der Waals surface area (Å²) in [5, 5.41) is 4.27. The fraction of sp³-hybridized carbons (Fsp3) is 0. The average Bonchev–Trinajstić information content (AvgIpc) is 3.67. The molecule has 4 nitrogen and oxygen atoms in total. The maximum Gasteiger partial charge on any atom is 0.153 e. The van der Waals surface area contributed by atoms with Crippen LogP contribution in [0.4, 0.5) is 17.1 Å². The van der Waals surface area contributed by atoms with Crippen molar-refractivity contribution in [2.75, 3.05) is 4.90 Å². The molecule has 4 heteroatoms. The molecule has 45 heavy (non-hydrogen) atoms. The molecule has 0 saturated carbocycles. The third kappa shape index (κ3) is 4.27. The number of hydrogen-bond acceptors (Lipinski definition) is 4. The van der Waals surface area contributed by atoms with Gasteiger partial charge in [0.15, 0.2) is 5.58 Å². The predicted molar refractivity (Wildman–Crippen MR) is 184 cm³/mol. The highest BCUT2D eigenvalue weighted by Gasteiger charge is 2.21. The lowest BCUT2D eigenvalue weighted by Gasteiger charge is -2.26. The van der Waals surface area contributed by atoms with E-state index < -0.39 is 0 Å². The average molecular weight is 579 g/mol. The predicted octanol–water partition coefficient (Wildman–Crippen LogP) is 11.7. The van der Waals surface area contributed by atoms with Gasteiger partial charge in [-0.15, -0.1) is 0 Å². The maximum absolute atomic E-state index is 6.31. The van der Waals surface area contributed by atoms with Crippen LogP contribution in [0.15, 0.2) is 167 Å². The first-order valence-corrected chi connectivity index (χ1v) is 15.0. The van der Waals surface area contributed by atoms with Crippen molar-refractivity contribution in [2.24, 2.45) is 0 Å². The highest BCUT2D eigenvalue weighted by atomic mass is 16.3. The molecular formula is C41H26N2O2. The van der Waals surface area contributed by atoms with Gasteiger partial charge in [-0.25, -0.2) is 0 Å². The Hall–Kier alpha value is -6.13. The molecule has 3 aromatic heterocycles. The molecule has 212 valence electrons. The van der Waals surface area contributed by atoms with Gasteiger partial charge in [0, 0.05) is 39.8 Å². The van der Waals surface area contributed by atoms with Gasteiger partial charge in [0.2, 0.25) is 0 Å². The van der Waals surface area contributed by atoms with Crippen LogP contribution in [-0.4, -0.2) is 4.98 Å². The summed E-state index contributed by atoms with van der Waals surface area (Å²) < 4.78 is 12.6. The van der Waals surface area contributed by atoms with Crippen molar-refractivity contribution in [1.82, 2.24) is 4.98 Å². The summed E-state index contributed by atoms with van der Waals surface area (Å²) >= 11 is 0. The lowest BCUT2D eigenvalue weighted by Crippen LogP contribution is -2.10. The number of anilines is 3. The Morgan fingerprint density at radius 2 is 1.09 bits per heavy atom. The van der Waals surface area contributed by atoms with Gasteiger partial charge in [-0.3, -0.25) is 4.98 Å². The van der Waals surface area contributed by atoms with E-state index in [2.05, 4.69) is 125 Å². The summed E-state index contributed by atoms with van der Waals surface area (Å²) in [6.45, 7) is 0. The third-order valence-electron chi connectivity index (χ3n) is 8.57. The van der Waals surface area contributed by atoms with Crippen LogP contribution in [0.2, 0.25) is 0 Å². The Bertz CT molecular complexity index is 2490. The zero-order valence-electron chi connectivity index (χ0n) is 24.2. The first-order chi connectivity index (χ1) is 22.3. The van der Waals surface area contributed by atoms with Gasteiger partial charge in [-0.2, -0.15) is 0 Å². The molecule has 0 unspecified atom stereocenters. The van der Waals surface area contributed by atoms with E-state index >= 15 is 0 Å². The van der Waals surface area contributed by atoms with Gasteiger partial charge in [-0.1, -0.05) is 91.0 Å². The minimum Gasteiger partial charge on any atom is -0.456 e. The van der Waals surface area contributed by atoms with E-state index in [1.807, 2.05) is 30.3 Å². The molecule has 9 aromatic rings. The van der Waals surface area contributed by atoms with Gasteiger partial charge in [-0.05, 0) is 70.8 Å². The van der Waals surface area contributed by atoms with Crippen molar-refractivity contribution in [3.05, 3.63) is 158 Å². The Morgan fingerprint density at radius 3 is 1.98 bits per heavy atom. The number of rotatable bonds is 5. The van der Waals surface area contributed by atoms with Crippen molar-refractivity contribution in [2.45, 2.75) is 0 Å². The van der Waals surface area contributed by atoms with Crippen LogP contribution < -0.4 is 4.90 Å². The topological polar surface area (TPSA) is 42.4 Å². The molecule has 0 saturated heterocycles. The van der Waals surface area contributed by atoms with Crippen LogP contribution in [0.3, 0.4) is 0 Å². The number of benzene rings is 6. The second-order valence-electron chi connectivity index (χ2n) is 11.2. The molecule has 0 N–H and O–H groups in total. The van der Waals surface area contributed by atoms with E-state index in [1.54, 1.807) is 12.4 Å². The lowest BCUT2D eigenvalue weighted by molar-refractivity contribution is 0.667. The summed E-state index contributed by atoms with van der Waals surface area (Å²) in [5.74, 6) is 0. The number of pyridine rings is 1. The molecule has 6 aromatic carbocycles. The second-order valence-corrected chi connectivity index (χ2v) is 11.2. The van der Waals surface area contributed by atoms with Gasteiger partial charge >= 0.3 is 0 Å². The Labute approximate surface area is 259 Å². The molecule has 3 heterocycles.